The first-order valence-electron chi connectivity index (χ1n) is 11.4. The van der Waals surface area contributed by atoms with E-state index in [0.29, 0.717) is 18.4 Å². The SMILES string of the molecule is C=C1CC[C@H](OC(C)=O)[C@]2(C)[C@@H](OC(C)=O)C[C@@]3(O)O[C@]4([C@@H](C)C(=O)O[C@H]4[C@@H](Cl)C3=C)[C@@H](O)[C@@H]12. The van der Waals surface area contributed by atoms with Crippen LogP contribution in [0, 0.1) is 17.3 Å². The van der Waals surface area contributed by atoms with Crippen molar-refractivity contribution < 1.29 is 43.5 Å². The average Bonchev–Trinajstić information content (AvgIpc) is 2.98. The summed E-state index contributed by atoms with van der Waals surface area (Å²) < 4.78 is 23.1. The van der Waals surface area contributed by atoms with Gasteiger partial charge in [-0.15, -0.1) is 11.6 Å². The van der Waals surface area contributed by atoms with Gasteiger partial charge in [-0.3, -0.25) is 14.4 Å². The molecule has 10 atom stereocenters. The molecule has 4 fully saturated rings. The van der Waals surface area contributed by atoms with Crippen molar-refractivity contribution in [2.45, 2.75) is 88.1 Å². The van der Waals surface area contributed by atoms with Crippen molar-refractivity contribution in [2.24, 2.45) is 17.3 Å². The van der Waals surface area contributed by atoms with Gasteiger partial charge in [-0.2, -0.15) is 0 Å². The second kappa shape index (κ2) is 8.05. The molecular weight excluding hydrogens is 468 g/mol. The fourth-order valence-electron chi connectivity index (χ4n) is 6.48. The number of halogens is 1. The molecule has 9 nitrogen and oxygen atoms in total. The molecule has 2 N–H and O–H groups in total. The molecule has 3 saturated heterocycles. The molecule has 4 aliphatic rings. The highest BCUT2D eigenvalue weighted by atomic mass is 35.5. The van der Waals surface area contributed by atoms with E-state index in [0.717, 1.165) is 0 Å². The summed E-state index contributed by atoms with van der Waals surface area (Å²) >= 11 is 6.65. The van der Waals surface area contributed by atoms with E-state index in [1.165, 1.54) is 13.8 Å². The zero-order valence-corrected chi connectivity index (χ0v) is 20.5. The molecule has 1 aliphatic carbocycles. The summed E-state index contributed by atoms with van der Waals surface area (Å²) in [6.07, 6.45) is -4.01. The van der Waals surface area contributed by atoms with Crippen molar-refractivity contribution in [1.29, 1.82) is 0 Å². The van der Waals surface area contributed by atoms with E-state index in [9.17, 15) is 24.6 Å². The van der Waals surface area contributed by atoms with Crippen molar-refractivity contribution in [3.8, 4) is 0 Å². The highest BCUT2D eigenvalue weighted by molar-refractivity contribution is 6.23. The van der Waals surface area contributed by atoms with Crippen molar-refractivity contribution in [3.63, 3.8) is 0 Å². The summed E-state index contributed by atoms with van der Waals surface area (Å²) in [5.41, 5.74) is -2.35. The third-order valence-corrected chi connectivity index (χ3v) is 8.74. The van der Waals surface area contributed by atoms with Gasteiger partial charge in [0.1, 0.15) is 17.8 Å². The van der Waals surface area contributed by atoms with Crippen molar-refractivity contribution in [2.75, 3.05) is 0 Å². The van der Waals surface area contributed by atoms with E-state index >= 15 is 0 Å². The Morgan fingerprint density at radius 3 is 2.35 bits per heavy atom. The number of carbonyl (C=O) groups is 3. The van der Waals surface area contributed by atoms with E-state index in [1.807, 2.05) is 0 Å². The maximum atomic E-state index is 12.7. The Morgan fingerprint density at radius 1 is 1.18 bits per heavy atom. The van der Waals surface area contributed by atoms with Crippen LogP contribution >= 0.6 is 11.6 Å². The Bertz CT molecular complexity index is 964. The number of alkyl halides is 1. The van der Waals surface area contributed by atoms with Gasteiger partial charge in [0, 0.05) is 31.8 Å². The van der Waals surface area contributed by atoms with Crippen LogP contribution in [0.1, 0.15) is 47.0 Å². The van der Waals surface area contributed by atoms with E-state index < -0.39 is 76.3 Å². The zero-order valence-electron chi connectivity index (χ0n) is 19.7. The maximum absolute atomic E-state index is 12.7. The van der Waals surface area contributed by atoms with Crippen LogP contribution in [-0.2, 0) is 33.3 Å². The normalized spacial score (nSPS) is 48.1. The number of fused-ring (bicyclic) bond motifs is 2. The molecule has 3 aliphatic heterocycles. The Kier molecular flexibility index (Phi) is 5.95. The molecule has 4 rings (SSSR count). The van der Waals surface area contributed by atoms with Gasteiger partial charge in [0.2, 0.25) is 0 Å². The molecular formula is C24H31ClO9. The van der Waals surface area contributed by atoms with Gasteiger partial charge in [-0.05, 0) is 19.8 Å². The lowest BCUT2D eigenvalue weighted by Crippen LogP contribution is -2.74. The van der Waals surface area contributed by atoms with Crippen LogP contribution in [0.15, 0.2) is 24.3 Å². The summed E-state index contributed by atoms with van der Waals surface area (Å²) in [7, 11) is 0. The van der Waals surface area contributed by atoms with Gasteiger partial charge >= 0.3 is 17.9 Å². The topological polar surface area (TPSA) is 129 Å². The first-order valence-corrected chi connectivity index (χ1v) is 11.8. The number of aliphatic hydroxyl groups excluding tert-OH is 1. The van der Waals surface area contributed by atoms with Gasteiger partial charge in [0.15, 0.2) is 11.9 Å². The third kappa shape index (κ3) is 3.27. The predicted octanol–water partition coefficient (Wildman–Crippen LogP) is 1.77. The fourth-order valence-corrected chi connectivity index (χ4v) is 6.90. The molecule has 1 spiro atoms. The van der Waals surface area contributed by atoms with Crippen molar-refractivity contribution >= 4 is 29.5 Å². The fraction of sp³-hybridized carbons (Fsp3) is 0.708. The molecule has 10 heteroatoms. The van der Waals surface area contributed by atoms with E-state index in [1.54, 1.807) is 13.8 Å². The monoisotopic (exact) mass is 498 g/mol. The standard InChI is InChI=1S/C24H31ClO9/c1-10-7-8-15(31-13(4)26)22(6)16(32-14(5)27)9-23(30)11(2)18(25)20-24(34-23,19(28)17(10)22)12(3)21(29)33-20/h12,15-20,28,30H,1-2,7-9H2,3-6H3/t12-,15-,16-,17+,18-,19-,20-,22+,23+,24+/m0/s1. The highest BCUT2D eigenvalue weighted by Crippen LogP contribution is 2.61. The molecule has 0 radical (unpaired) electrons. The molecule has 1 saturated carbocycles. The minimum atomic E-state index is -2.17. The van der Waals surface area contributed by atoms with Crippen LogP contribution in [0.2, 0.25) is 0 Å². The molecule has 34 heavy (non-hydrogen) atoms. The van der Waals surface area contributed by atoms with Gasteiger partial charge in [0.05, 0.1) is 22.8 Å². The quantitative estimate of drug-likeness (QED) is 0.253. The Balaban J connectivity index is 1.98. The lowest BCUT2D eigenvalue weighted by Gasteiger charge is -2.61. The molecule has 3 heterocycles. The number of hydrogen-bond donors (Lipinski definition) is 2. The molecule has 0 aromatic rings. The van der Waals surface area contributed by atoms with Gasteiger partial charge in [-0.25, -0.2) is 0 Å². The molecule has 0 aromatic carbocycles. The average molecular weight is 499 g/mol. The van der Waals surface area contributed by atoms with Crippen LogP contribution in [0.5, 0.6) is 0 Å². The summed E-state index contributed by atoms with van der Waals surface area (Å²) in [5.74, 6) is -5.83. The van der Waals surface area contributed by atoms with E-state index in [2.05, 4.69) is 13.2 Å². The Morgan fingerprint density at radius 2 is 1.76 bits per heavy atom. The molecule has 188 valence electrons. The van der Waals surface area contributed by atoms with E-state index in [4.69, 9.17) is 30.5 Å². The second-order valence-electron chi connectivity index (χ2n) is 10.1. The lowest BCUT2D eigenvalue weighted by atomic mass is 9.53. The Hall–Kier alpha value is -1.94. The summed E-state index contributed by atoms with van der Waals surface area (Å²) in [5, 5.41) is 22.7. The Labute approximate surface area is 203 Å². The van der Waals surface area contributed by atoms with Crippen LogP contribution in [0.3, 0.4) is 0 Å². The molecule has 0 amide bonds. The van der Waals surface area contributed by atoms with Crippen LogP contribution < -0.4 is 0 Å². The minimum absolute atomic E-state index is 0.0155. The lowest BCUT2D eigenvalue weighted by molar-refractivity contribution is -0.343. The third-order valence-electron chi connectivity index (χ3n) is 8.25. The maximum Gasteiger partial charge on any atom is 0.312 e. The first-order chi connectivity index (χ1) is 15.7. The van der Waals surface area contributed by atoms with Crippen molar-refractivity contribution in [3.05, 3.63) is 24.3 Å². The van der Waals surface area contributed by atoms with Gasteiger partial charge < -0.3 is 29.2 Å². The molecule has 0 unspecified atom stereocenters. The van der Waals surface area contributed by atoms with Crippen LogP contribution in [0.25, 0.3) is 0 Å². The van der Waals surface area contributed by atoms with Crippen LogP contribution in [0.4, 0.5) is 0 Å². The minimum Gasteiger partial charge on any atom is -0.462 e. The summed E-state index contributed by atoms with van der Waals surface area (Å²) in [6, 6.07) is 0. The number of esters is 3. The van der Waals surface area contributed by atoms with Gasteiger partial charge in [0.25, 0.3) is 0 Å². The zero-order chi connectivity index (χ0) is 25.4. The number of hydrogen-bond acceptors (Lipinski definition) is 9. The number of aliphatic hydroxyl groups is 2. The van der Waals surface area contributed by atoms with Crippen molar-refractivity contribution in [1.82, 2.24) is 0 Å². The number of rotatable bonds is 2. The smallest absolute Gasteiger partial charge is 0.312 e. The number of ether oxygens (including phenoxy) is 4. The number of carbonyl (C=O) groups excluding carboxylic acids is 3. The largest absolute Gasteiger partial charge is 0.462 e. The van der Waals surface area contributed by atoms with E-state index in [-0.39, 0.29) is 12.0 Å². The van der Waals surface area contributed by atoms with Gasteiger partial charge in [-0.1, -0.05) is 25.7 Å². The highest BCUT2D eigenvalue weighted by Gasteiger charge is 2.75. The second-order valence-corrected chi connectivity index (χ2v) is 10.6. The molecule has 2 bridgehead atoms. The van der Waals surface area contributed by atoms with Crippen LogP contribution in [-0.4, -0.2) is 69.3 Å². The summed E-state index contributed by atoms with van der Waals surface area (Å²) in [4.78, 5) is 36.9. The molecule has 0 aromatic heterocycles. The first kappa shape index (κ1) is 25.2. The predicted molar refractivity (Wildman–Crippen MR) is 118 cm³/mol. The summed E-state index contributed by atoms with van der Waals surface area (Å²) in [6.45, 7) is 13.8.